The molecular weight excluding hydrogens is 234 g/mol. The van der Waals surface area contributed by atoms with Crippen molar-refractivity contribution in [1.82, 2.24) is 18.7 Å². The molecule has 0 atom stereocenters. The van der Waals surface area contributed by atoms with Gasteiger partial charge in [-0.3, -0.25) is 13.9 Å². The lowest BCUT2D eigenvalue weighted by molar-refractivity contribution is 0.651. The molecule has 18 heavy (non-hydrogen) atoms. The van der Waals surface area contributed by atoms with Crippen LogP contribution in [-0.2, 0) is 27.1 Å². The molecule has 2 aromatic heterocycles. The zero-order chi connectivity index (χ0) is 13.4. The maximum atomic E-state index is 12.1. The predicted molar refractivity (Wildman–Crippen MR) is 68.6 cm³/mol. The van der Waals surface area contributed by atoms with Crippen LogP contribution < -0.4 is 17.0 Å². The summed E-state index contributed by atoms with van der Waals surface area (Å²) < 4.78 is 4.33. The van der Waals surface area contributed by atoms with Crippen molar-refractivity contribution >= 4 is 11.2 Å². The first-order chi connectivity index (χ1) is 8.52. The Hall–Kier alpha value is -1.89. The van der Waals surface area contributed by atoms with Gasteiger partial charge < -0.3 is 10.3 Å². The summed E-state index contributed by atoms with van der Waals surface area (Å²) in [5.41, 5.74) is 5.74. The van der Waals surface area contributed by atoms with Crippen molar-refractivity contribution in [3.05, 3.63) is 26.7 Å². The van der Waals surface area contributed by atoms with Gasteiger partial charge in [0.15, 0.2) is 11.2 Å². The minimum Gasteiger partial charge on any atom is -0.330 e. The van der Waals surface area contributed by atoms with Gasteiger partial charge in [-0.1, -0.05) is 0 Å². The van der Waals surface area contributed by atoms with Crippen molar-refractivity contribution in [3.8, 4) is 0 Å². The zero-order valence-electron chi connectivity index (χ0n) is 10.8. The van der Waals surface area contributed by atoms with Crippen molar-refractivity contribution in [2.24, 2.45) is 19.8 Å². The molecule has 0 aliphatic rings. The summed E-state index contributed by atoms with van der Waals surface area (Å²) in [7, 11) is 3.25. The van der Waals surface area contributed by atoms with Crippen LogP contribution in [0.1, 0.15) is 12.7 Å². The number of hydrogen-bond acceptors (Lipinski definition) is 4. The SMILES string of the molecule is CCn1c(=O)n(C)c(=O)c2c1nc(CCN)n2C. The fourth-order valence-electron chi connectivity index (χ4n) is 2.11. The van der Waals surface area contributed by atoms with E-state index in [1.807, 2.05) is 6.92 Å². The number of fused-ring (bicyclic) bond motifs is 1. The lowest BCUT2D eigenvalue weighted by Gasteiger charge is -2.05. The molecule has 0 aliphatic carbocycles. The summed E-state index contributed by atoms with van der Waals surface area (Å²) in [4.78, 5) is 28.4. The summed E-state index contributed by atoms with van der Waals surface area (Å²) in [5.74, 6) is 0.720. The van der Waals surface area contributed by atoms with Gasteiger partial charge in [0.1, 0.15) is 5.82 Å². The van der Waals surface area contributed by atoms with E-state index in [2.05, 4.69) is 4.98 Å². The highest BCUT2D eigenvalue weighted by Crippen LogP contribution is 2.09. The topological polar surface area (TPSA) is 87.8 Å². The molecule has 0 bridgehead atoms. The van der Waals surface area contributed by atoms with E-state index < -0.39 is 0 Å². The molecule has 0 amide bonds. The molecule has 2 heterocycles. The molecular formula is C11H17N5O2. The molecule has 7 heteroatoms. The van der Waals surface area contributed by atoms with Gasteiger partial charge in [0, 0.05) is 27.1 Å². The van der Waals surface area contributed by atoms with E-state index in [1.165, 1.54) is 11.6 Å². The predicted octanol–water partition coefficient (Wildman–Crippen LogP) is -1.05. The second kappa shape index (κ2) is 4.41. The molecule has 2 rings (SSSR count). The van der Waals surface area contributed by atoms with Crippen LogP contribution >= 0.6 is 0 Å². The van der Waals surface area contributed by atoms with Crippen molar-refractivity contribution in [3.63, 3.8) is 0 Å². The maximum absolute atomic E-state index is 12.1. The fourth-order valence-corrected chi connectivity index (χ4v) is 2.11. The number of aryl methyl sites for hydroxylation is 2. The highest BCUT2D eigenvalue weighted by Gasteiger charge is 2.17. The van der Waals surface area contributed by atoms with Crippen LogP contribution in [0.2, 0.25) is 0 Å². The monoisotopic (exact) mass is 251 g/mol. The summed E-state index contributed by atoms with van der Waals surface area (Å²) in [6, 6.07) is 0. The third-order valence-corrected chi connectivity index (χ3v) is 3.13. The quantitative estimate of drug-likeness (QED) is 0.754. The lowest BCUT2D eigenvalue weighted by Crippen LogP contribution is -2.38. The van der Waals surface area contributed by atoms with Crippen molar-refractivity contribution in [1.29, 1.82) is 0 Å². The van der Waals surface area contributed by atoms with Gasteiger partial charge in [-0.2, -0.15) is 0 Å². The van der Waals surface area contributed by atoms with Crippen LogP contribution in [0, 0.1) is 0 Å². The van der Waals surface area contributed by atoms with Gasteiger partial charge in [0.25, 0.3) is 5.56 Å². The average Bonchev–Trinajstić information content (AvgIpc) is 2.66. The maximum Gasteiger partial charge on any atom is 0.332 e. The normalized spacial score (nSPS) is 11.3. The Morgan fingerprint density at radius 3 is 2.44 bits per heavy atom. The highest BCUT2D eigenvalue weighted by molar-refractivity contribution is 5.71. The first-order valence-electron chi connectivity index (χ1n) is 5.88. The first-order valence-corrected chi connectivity index (χ1v) is 5.88. The van der Waals surface area contributed by atoms with E-state index in [4.69, 9.17) is 5.73 Å². The number of nitrogens with zero attached hydrogens (tertiary/aromatic N) is 4. The van der Waals surface area contributed by atoms with E-state index in [0.717, 1.165) is 10.4 Å². The average molecular weight is 251 g/mol. The van der Waals surface area contributed by atoms with Crippen molar-refractivity contribution in [2.45, 2.75) is 19.9 Å². The first kappa shape index (κ1) is 12.6. The van der Waals surface area contributed by atoms with Gasteiger partial charge in [-0.25, -0.2) is 9.78 Å². The number of hydrogen-bond donors (Lipinski definition) is 1. The van der Waals surface area contributed by atoms with E-state index in [-0.39, 0.29) is 11.2 Å². The molecule has 0 saturated carbocycles. The van der Waals surface area contributed by atoms with Gasteiger partial charge in [-0.15, -0.1) is 0 Å². The van der Waals surface area contributed by atoms with Crippen molar-refractivity contribution in [2.75, 3.05) is 6.54 Å². The Kier molecular flexibility index (Phi) is 3.08. The van der Waals surface area contributed by atoms with Gasteiger partial charge in [0.2, 0.25) is 0 Å². The summed E-state index contributed by atoms with van der Waals surface area (Å²) >= 11 is 0. The lowest BCUT2D eigenvalue weighted by atomic mass is 10.4. The van der Waals surface area contributed by atoms with E-state index in [1.54, 1.807) is 11.6 Å². The van der Waals surface area contributed by atoms with Crippen LogP contribution in [0.5, 0.6) is 0 Å². The summed E-state index contributed by atoms with van der Waals surface area (Å²) in [6.07, 6.45) is 0.576. The van der Waals surface area contributed by atoms with Crippen LogP contribution in [0.25, 0.3) is 11.2 Å². The summed E-state index contributed by atoms with van der Waals surface area (Å²) in [6.45, 7) is 2.78. The van der Waals surface area contributed by atoms with Crippen LogP contribution in [0.15, 0.2) is 9.59 Å². The standard InChI is InChI=1S/C11H17N5O2/c1-4-16-9-8(10(17)15(3)11(16)18)14(2)7(13-9)5-6-12/h4-6,12H2,1-3H3. The number of imidazole rings is 1. The molecule has 0 aliphatic heterocycles. The fraction of sp³-hybridized carbons (Fsp3) is 0.545. The minimum atomic E-state index is -0.340. The molecule has 2 N–H and O–H groups in total. The van der Waals surface area contributed by atoms with E-state index in [0.29, 0.717) is 30.7 Å². The second-order valence-corrected chi connectivity index (χ2v) is 4.19. The largest absolute Gasteiger partial charge is 0.332 e. The Morgan fingerprint density at radius 1 is 1.22 bits per heavy atom. The Labute approximate surface area is 103 Å². The number of nitrogens with two attached hydrogens (primary N) is 1. The zero-order valence-corrected chi connectivity index (χ0v) is 10.8. The Balaban J connectivity index is 2.97. The second-order valence-electron chi connectivity index (χ2n) is 4.19. The Bertz CT molecular complexity index is 707. The number of rotatable bonds is 3. The Morgan fingerprint density at radius 2 is 1.89 bits per heavy atom. The molecule has 98 valence electrons. The van der Waals surface area contributed by atoms with Gasteiger partial charge in [0.05, 0.1) is 0 Å². The highest BCUT2D eigenvalue weighted by atomic mass is 16.2. The van der Waals surface area contributed by atoms with Crippen LogP contribution in [-0.4, -0.2) is 25.2 Å². The van der Waals surface area contributed by atoms with E-state index >= 15 is 0 Å². The summed E-state index contributed by atoms with van der Waals surface area (Å²) in [5, 5.41) is 0. The van der Waals surface area contributed by atoms with Gasteiger partial charge >= 0.3 is 5.69 Å². The van der Waals surface area contributed by atoms with Crippen molar-refractivity contribution < 1.29 is 0 Å². The molecule has 7 nitrogen and oxygen atoms in total. The molecule has 0 spiro atoms. The molecule has 0 saturated heterocycles. The molecule has 0 unspecified atom stereocenters. The molecule has 0 fully saturated rings. The van der Waals surface area contributed by atoms with Gasteiger partial charge in [-0.05, 0) is 13.5 Å². The number of aromatic nitrogens is 4. The third-order valence-electron chi connectivity index (χ3n) is 3.13. The minimum absolute atomic E-state index is 0.321. The van der Waals surface area contributed by atoms with E-state index in [9.17, 15) is 9.59 Å². The third kappa shape index (κ3) is 1.59. The molecule has 0 radical (unpaired) electrons. The van der Waals surface area contributed by atoms with Crippen LogP contribution in [0.3, 0.4) is 0 Å². The van der Waals surface area contributed by atoms with Crippen LogP contribution in [0.4, 0.5) is 0 Å². The molecule has 2 aromatic rings. The smallest absolute Gasteiger partial charge is 0.330 e. The molecule has 0 aromatic carbocycles.